The molecule has 0 aromatic heterocycles. The third kappa shape index (κ3) is 14.4. The molecule has 15 N–H and O–H groups in total. The Kier molecular flexibility index (Phi) is 20.7. The number of imide groups is 1. The lowest BCUT2D eigenvalue weighted by Gasteiger charge is -2.40. The van der Waals surface area contributed by atoms with Crippen LogP contribution in [0.4, 0.5) is 0 Å². The van der Waals surface area contributed by atoms with E-state index in [1.54, 1.807) is 0 Å². The minimum absolute atomic E-state index is 0.171. The van der Waals surface area contributed by atoms with Crippen molar-refractivity contribution in [1.82, 2.24) is 26.1 Å². The summed E-state index contributed by atoms with van der Waals surface area (Å²) in [6.07, 6.45) is -24.9. The molecule has 63 heavy (non-hydrogen) atoms. The standard InChI is InChI=1S/C34H57N5O24/c40-10-15-23(48)26(51)29(54)32(60-15)57-5-3-14(13-59-34-31(56)28(53)25(50)17(12-42)62-34)36-19(44)8-38(9-20(45)37-63-39-21(46)1-2-22(39)47)7-18(43)35-4-6-58-33-30(55)27(52)24(49)16(11-41)61-33/h14-17,23-34,40-42,48-56H,1-13H2,(H,35,43)(H,36,44)(H,37,45)/t14-,15-,16-,17-,23-,24-,25-,26+,27+,28+,29+,30+,31+,32+,33+,34+/m1/s1. The van der Waals surface area contributed by atoms with E-state index in [9.17, 15) is 85.3 Å². The second kappa shape index (κ2) is 24.9. The minimum atomic E-state index is -1.84. The lowest BCUT2D eigenvalue weighted by atomic mass is 9.99. The van der Waals surface area contributed by atoms with Crippen molar-refractivity contribution >= 4 is 29.5 Å². The molecule has 4 rings (SSSR count). The summed E-state index contributed by atoms with van der Waals surface area (Å²) in [5, 5.41) is 125. The van der Waals surface area contributed by atoms with Gasteiger partial charge in [0, 0.05) is 19.4 Å². The van der Waals surface area contributed by atoms with Crippen LogP contribution in [0.1, 0.15) is 19.3 Å². The lowest BCUT2D eigenvalue weighted by molar-refractivity contribution is -0.304. The van der Waals surface area contributed by atoms with Crippen molar-refractivity contribution in [3.05, 3.63) is 0 Å². The number of hydrogen-bond donors (Lipinski definition) is 15. The number of carbonyl (C=O) groups is 5. The summed E-state index contributed by atoms with van der Waals surface area (Å²) < 4.78 is 32.4. The molecule has 0 unspecified atom stereocenters. The second-order valence-electron chi connectivity index (χ2n) is 14.9. The Morgan fingerprint density at radius 1 is 0.603 bits per heavy atom. The van der Waals surface area contributed by atoms with E-state index in [-0.39, 0.29) is 32.4 Å². The van der Waals surface area contributed by atoms with Gasteiger partial charge in [-0.25, -0.2) is 5.48 Å². The van der Waals surface area contributed by atoms with E-state index in [1.165, 1.54) is 0 Å². The molecule has 0 saturated carbocycles. The third-order valence-electron chi connectivity index (χ3n) is 10.2. The highest BCUT2D eigenvalue weighted by atomic mass is 16.8. The number of nitrogens with one attached hydrogen (secondary N) is 3. The van der Waals surface area contributed by atoms with Crippen LogP contribution >= 0.6 is 0 Å². The molecule has 4 saturated heterocycles. The third-order valence-corrected chi connectivity index (χ3v) is 10.2. The molecule has 29 heteroatoms. The maximum Gasteiger partial charge on any atom is 0.259 e. The van der Waals surface area contributed by atoms with Crippen molar-refractivity contribution in [3.63, 3.8) is 0 Å². The Hall–Kier alpha value is -3.25. The summed E-state index contributed by atoms with van der Waals surface area (Å²) in [5.74, 6) is -4.23. The topological polar surface area (TPSA) is 435 Å². The summed E-state index contributed by atoms with van der Waals surface area (Å²) in [4.78, 5) is 69.1. The predicted molar refractivity (Wildman–Crippen MR) is 195 cm³/mol. The van der Waals surface area contributed by atoms with Crippen molar-refractivity contribution in [1.29, 1.82) is 0 Å². The largest absolute Gasteiger partial charge is 0.394 e. The molecule has 0 spiro atoms. The normalized spacial score (nSPS) is 35.4. The average molecular weight is 920 g/mol. The molecule has 362 valence electrons. The monoisotopic (exact) mass is 919 g/mol. The molecular weight excluding hydrogens is 862 g/mol. The van der Waals surface area contributed by atoms with Gasteiger partial charge in [-0.2, -0.15) is 0 Å². The quantitative estimate of drug-likeness (QED) is 0.0257. The van der Waals surface area contributed by atoms with Gasteiger partial charge < -0.3 is 100 Å². The summed E-state index contributed by atoms with van der Waals surface area (Å²) in [6, 6.07) is -1.14. The fraction of sp³-hybridized carbons (Fsp3) is 0.853. The molecule has 0 aromatic carbocycles. The number of carbonyl (C=O) groups excluding carboxylic acids is 5. The number of nitrogens with zero attached hydrogens (tertiary/aromatic N) is 2. The zero-order chi connectivity index (χ0) is 46.5. The van der Waals surface area contributed by atoms with Gasteiger partial charge in [-0.05, 0) is 6.42 Å². The fourth-order valence-corrected chi connectivity index (χ4v) is 6.61. The van der Waals surface area contributed by atoms with Crippen LogP contribution in [0.5, 0.6) is 0 Å². The molecule has 29 nitrogen and oxygen atoms in total. The molecule has 5 amide bonds. The maximum atomic E-state index is 13.5. The number of aliphatic hydroxyl groups excluding tert-OH is 12. The van der Waals surface area contributed by atoms with Gasteiger partial charge in [0.2, 0.25) is 11.8 Å². The number of amides is 5. The van der Waals surface area contributed by atoms with Crippen molar-refractivity contribution in [2.45, 2.75) is 117 Å². The zero-order valence-corrected chi connectivity index (χ0v) is 33.6. The van der Waals surface area contributed by atoms with Crippen LogP contribution in [0.25, 0.3) is 0 Å². The molecule has 4 heterocycles. The molecule has 16 atom stereocenters. The molecule has 0 aliphatic carbocycles. The average Bonchev–Trinajstić information content (AvgIpc) is 3.58. The highest BCUT2D eigenvalue weighted by Crippen LogP contribution is 2.25. The number of hydrogen-bond acceptors (Lipinski definition) is 25. The van der Waals surface area contributed by atoms with Crippen LogP contribution in [-0.4, -0.2) is 265 Å². The van der Waals surface area contributed by atoms with Gasteiger partial charge in [-0.15, -0.1) is 10.0 Å². The first kappa shape index (κ1) is 52.4. The van der Waals surface area contributed by atoms with Gasteiger partial charge in [0.1, 0.15) is 73.2 Å². The lowest BCUT2D eigenvalue weighted by Crippen LogP contribution is -2.60. The Labute approximate surface area is 357 Å². The second-order valence-corrected chi connectivity index (χ2v) is 14.9. The van der Waals surface area contributed by atoms with E-state index in [4.69, 9.17) is 33.4 Å². The van der Waals surface area contributed by atoms with Crippen molar-refractivity contribution in [3.8, 4) is 0 Å². The van der Waals surface area contributed by atoms with Crippen molar-refractivity contribution in [2.75, 3.05) is 65.8 Å². The van der Waals surface area contributed by atoms with E-state index in [0.29, 0.717) is 5.06 Å². The first-order chi connectivity index (χ1) is 29.9. The van der Waals surface area contributed by atoms with Crippen LogP contribution in [0.3, 0.4) is 0 Å². The van der Waals surface area contributed by atoms with Crippen LogP contribution in [0.2, 0.25) is 0 Å². The molecule has 4 fully saturated rings. The summed E-state index contributed by atoms with van der Waals surface area (Å²) in [6.45, 7) is -6.00. The number of rotatable bonds is 23. The van der Waals surface area contributed by atoms with Crippen LogP contribution in [0, 0.1) is 0 Å². The van der Waals surface area contributed by atoms with Gasteiger partial charge >= 0.3 is 0 Å². The Morgan fingerprint density at radius 3 is 1.51 bits per heavy atom. The summed E-state index contributed by atoms with van der Waals surface area (Å²) in [7, 11) is 0. The Morgan fingerprint density at radius 2 is 1.03 bits per heavy atom. The molecule has 0 radical (unpaired) electrons. The van der Waals surface area contributed by atoms with Gasteiger partial charge in [0.15, 0.2) is 18.9 Å². The van der Waals surface area contributed by atoms with E-state index in [0.717, 1.165) is 4.90 Å². The molecule has 4 aliphatic heterocycles. The SMILES string of the molecule is O=C(CN(CC(=O)NON1C(=O)CCC1=O)CC(=O)N[C@H](CCO[C@H]1O[C@H](CO)[C@@H](O)[C@H](O)[C@@H]1O)CO[C@H]1O[C@H](CO)[C@@H](O)[C@H](O)[C@@H]1O)NCCO[C@H]1O[C@H](CO)[C@@H](O)[C@H](O)[C@@H]1O. The van der Waals surface area contributed by atoms with Crippen molar-refractivity contribution in [2.24, 2.45) is 0 Å². The van der Waals surface area contributed by atoms with Gasteiger partial charge in [-0.3, -0.25) is 28.9 Å². The van der Waals surface area contributed by atoms with Crippen LogP contribution in [-0.2, 0) is 57.3 Å². The molecule has 4 aliphatic rings. The van der Waals surface area contributed by atoms with E-state index >= 15 is 0 Å². The highest BCUT2D eigenvalue weighted by molar-refractivity contribution is 6.00. The van der Waals surface area contributed by atoms with Gasteiger partial charge in [-0.1, -0.05) is 0 Å². The predicted octanol–water partition coefficient (Wildman–Crippen LogP) is -11.2. The van der Waals surface area contributed by atoms with E-state index in [1.807, 2.05) is 5.48 Å². The first-order valence-electron chi connectivity index (χ1n) is 19.8. The van der Waals surface area contributed by atoms with Crippen LogP contribution in [0.15, 0.2) is 0 Å². The van der Waals surface area contributed by atoms with E-state index in [2.05, 4.69) is 10.6 Å². The van der Waals surface area contributed by atoms with Crippen molar-refractivity contribution < 1.29 is 119 Å². The molecule has 0 aromatic rings. The van der Waals surface area contributed by atoms with E-state index < -0.39 is 180 Å². The first-order valence-corrected chi connectivity index (χ1v) is 19.8. The Balaban J connectivity index is 1.41. The zero-order valence-electron chi connectivity index (χ0n) is 33.6. The maximum absolute atomic E-state index is 13.5. The summed E-state index contributed by atoms with van der Waals surface area (Å²) in [5.41, 5.74) is 1.88. The highest BCUT2D eigenvalue weighted by Gasteiger charge is 2.46. The van der Waals surface area contributed by atoms with Crippen LogP contribution < -0.4 is 16.1 Å². The number of aliphatic hydroxyl groups is 12. The summed E-state index contributed by atoms with van der Waals surface area (Å²) >= 11 is 0. The minimum Gasteiger partial charge on any atom is -0.394 e. The smallest absolute Gasteiger partial charge is 0.259 e. The van der Waals surface area contributed by atoms with Gasteiger partial charge in [0.05, 0.1) is 65.3 Å². The van der Waals surface area contributed by atoms with Gasteiger partial charge in [0.25, 0.3) is 17.7 Å². The number of ether oxygens (including phenoxy) is 6. The number of hydroxylamine groups is 3. The molecular formula is C34H57N5O24. The fourth-order valence-electron chi connectivity index (χ4n) is 6.61. The Bertz CT molecular complexity index is 1480. The molecule has 0 bridgehead atoms.